The number of nitrogens with two attached hydrogens (primary N) is 1. The van der Waals surface area contributed by atoms with Crippen LogP contribution < -0.4 is 5.73 Å². The number of nitrogens with zero attached hydrogens (tertiary/aromatic N) is 4. The van der Waals surface area contributed by atoms with Crippen LogP contribution in [-0.2, 0) is 19.4 Å². The van der Waals surface area contributed by atoms with E-state index in [4.69, 9.17) is 5.73 Å². The van der Waals surface area contributed by atoms with Gasteiger partial charge < -0.3 is 5.73 Å². The lowest BCUT2D eigenvalue weighted by Gasteiger charge is -2.06. The summed E-state index contributed by atoms with van der Waals surface area (Å²) in [6.45, 7) is 6.56. The van der Waals surface area contributed by atoms with Crippen molar-refractivity contribution < 1.29 is 0 Å². The summed E-state index contributed by atoms with van der Waals surface area (Å²) in [7, 11) is 0. The summed E-state index contributed by atoms with van der Waals surface area (Å²) < 4.78 is 1.82. The van der Waals surface area contributed by atoms with E-state index in [0.717, 1.165) is 35.6 Å². The first kappa shape index (κ1) is 12.7. The van der Waals surface area contributed by atoms with Gasteiger partial charge in [0.2, 0.25) is 0 Å². The topological polar surface area (TPSA) is 69.6 Å². The van der Waals surface area contributed by atoms with E-state index in [1.54, 1.807) is 0 Å². The van der Waals surface area contributed by atoms with Crippen LogP contribution in [0.15, 0.2) is 12.1 Å². The number of aryl methyl sites for hydroxylation is 3. The summed E-state index contributed by atoms with van der Waals surface area (Å²) in [6.07, 6.45) is 1.82. The predicted octanol–water partition coefficient (Wildman–Crippen LogP) is 1.55. The van der Waals surface area contributed by atoms with E-state index in [2.05, 4.69) is 35.0 Å². The first-order valence-corrected chi connectivity index (χ1v) is 6.30. The van der Waals surface area contributed by atoms with Gasteiger partial charge in [0.1, 0.15) is 0 Å². The summed E-state index contributed by atoms with van der Waals surface area (Å²) in [5, 5.41) is 4.54. The van der Waals surface area contributed by atoms with Crippen LogP contribution in [-0.4, -0.2) is 19.7 Å². The lowest BCUT2D eigenvalue weighted by Crippen LogP contribution is -2.11. The van der Waals surface area contributed by atoms with Crippen LogP contribution in [0, 0.1) is 6.92 Å². The molecular formula is C13H19N5. The molecule has 5 nitrogen and oxygen atoms in total. The second-order valence-electron chi connectivity index (χ2n) is 4.25. The van der Waals surface area contributed by atoms with Crippen molar-refractivity contribution in [2.75, 3.05) is 0 Å². The largest absolute Gasteiger partial charge is 0.325 e. The van der Waals surface area contributed by atoms with Crippen molar-refractivity contribution in [3.8, 4) is 5.95 Å². The Labute approximate surface area is 107 Å². The van der Waals surface area contributed by atoms with Crippen LogP contribution in [0.4, 0.5) is 0 Å². The summed E-state index contributed by atoms with van der Waals surface area (Å²) >= 11 is 0. The fourth-order valence-electron chi connectivity index (χ4n) is 1.89. The molecule has 2 aromatic heterocycles. The van der Waals surface area contributed by atoms with Gasteiger partial charge in [-0.2, -0.15) is 5.10 Å². The Bertz CT molecular complexity index is 544. The Hall–Kier alpha value is -1.75. The fraction of sp³-hybridized carbons (Fsp3) is 0.462. The molecule has 2 heterocycles. The van der Waals surface area contributed by atoms with Crippen LogP contribution in [0.5, 0.6) is 0 Å². The van der Waals surface area contributed by atoms with Gasteiger partial charge >= 0.3 is 0 Å². The van der Waals surface area contributed by atoms with Crippen LogP contribution in [0.25, 0.3) is 5.95 Å². The molecule has 0 amide bonds. The quantitative estimate of drug-likeness (QED) is 0.887. The maximum absolute atomic E-state index is 5.65. The number of aromatic nitrogens is 4. The molecule has 0 aromatic carbocycles. The minimum atomic E-state index is 0.416. The zero-order valence-electron chi connectivity index (χ0n) is 11.1. The summed E-state index contributed by atoms with van der Waals surface area (Å²) in [6, 6.07) is 4.01. The van der Waals surface area contributed by atoms with Crippen molar-refractivity contribution in [3.63, 3.8) is 0 Å². The van der Waals surface area contributed by atoms with E-state index in [9.17, 15) is 0 Å². The maximum atomic E-state index is 5.65. The van der Waals surface area contributed by atoms with Gasteiger partial charge in [0.25, 0.3) is 5.95 Å². The third-order valence-corrected chi connectivity index (χ3v) is 2.85. The van der Waals surface area contributed by atoms with Crippen molar-refractivity contribution >= 4 is 0 Å². The molecule has 18 heavy (non-hydrogen) atoms. The average Bonchev–Trinajstić information content (AvgIpc) is 2.81. The SMILES string of the molecule is CCc1cc(CC)n(-c2nc(C)cc(CN)n2)n1. The lowest BCUT2D eigenvalue weighted by atomic mass is 10.3. The fourth-order valence-corrected chi connectivity index (χ4v) is 1.89. The van der Waals surface area contributed by atoms with Crippen molar-refractivity contribution in [2.45, 2.75) is 40.2 Å². The second kappa shape index (κ2) is 5.27. The summed E-state index contributed by atoms with van der Waals surface area (Å²) in [5.74, 6) is 0.618. The molecule has 0 spiro atoms. The summed E-state index contributed by atoms with van der Waals surface area (Å²) in [5.41, 5.74) is 9.59. The molecule has 2 rings (SSSR count). The first-order valence-electron chi connectivity index (χ1n) is 6.30. The highest BCUT2D eigenvalue weighted by Gasteiger charge is 2.10. The highest BCUT2D eigenvalue weighted by atomic mass is 15.4. The van der Waals surface area contributed by atoms with Crippen LogP contribution in [0.3, 0.4) is 0 Å². The molecule has 0 bridgehead atoms. The van der Waals surface area contributed by atoms with Gasteiger partial charge in [-0.3, -0.25) is 0 Å². The third-order valence-electron chi connectivity index (χ3n) is 2.85. The minimum absolute atomic E-state index is 0.416. The van der Waals surface area contributed by atoms with E-state index in [-0.39, 0.29) is 0 Å². The molecule has 5 heteroatoms. The van der Waals surface area contributed by atoms with Gasteiger partial charge in [0.05, 0.1) is 11.4 Å². The normalized spacial score (nSPS) is 10.9. The molecular weight excluding hydrogens is 226 g/mol. The van der Waals surface area contributed by atoms with Gasteiger partial charge in [-0.15, -0.1) is 0 Å². The highest BCUT2D eigenvalue weighted by molar-refractivity contribution is 5.23. The molecule has 0 saturated heterocycles. The maximum Gasteiger partial charge on any atom is 0.251 e. The van der Waals surface area contributed by atoms with Crippen LogP contribution >= 0.6 is 0 Å². The number of hydrogen-bond donors (Lipinski definition) is 1. The molecule has 2 N–H and O–H groups in total. The molecule has 2 aromatic rings. The van der Waals surface area contributed by atoms with E-state index in [1.165, 1.54) is 0 Å². The van der Waals surface area contributed by atoms with Crippen molar-refractivity contribution in [1.82, 2.24) is 19.7 Å². The van der Waals surface area contributed by atoms with E-state index >= 15 is 0 Å². The molecule has 96 valence electrons. The molecule has 0 atom stereocenters. The van der Waals surface area contributed by atoms with Crippen molar-refractivity contribution in [1.29, 1.82) is 0 Å². The van der Waals surface area contributed by atoms with Gasteiger partial charge in [0.15, 0.2) is 0 Å². The predicted molar refractivity (Wildman–Crippen MR) is 70.5 cm³/mol. The van der Waals surface area contributed by atoms with Crippen molar-refractivity contribution in [2.24, 2.45) is 5.73 Å². The highest BCUT2D eigenvalue weighted by Crippen LogP contribution is 2.12. The van der Waals surface area contributed by atoms with Gasteiger partial charge in [-0.25, -0.2) is 14.6 Å². The Balaban J connectivity index is 2.53. The van der Waals surface area contributed by atoms with Crippen LogP contribution in [0.2, 0.25) is 0 Å². The molecule has 0 aliphatic rings. The zero-order valence-corrected chi connectivity index (χ0v) is 11.1. The monoisotopic (exact) mass is 245 g/mol. The van der Waals surface area contributed by atoms with Gasteiger partial charge in [-0.1, -0.05) is 13.8 Å². The standard InChI is InChI=1S/C13H19N5/c1-4-10-7-12(5-2)18(17-10)13-15-9(3)6-11(8-14)16-13/h6-7H,4-5,8,14H2,1-3H3. The Kier molecular flexibility index (Phi) is 3.72. The van der Waals surface area contributed by atoms with Gasteiger partial charge in [-0.05, 0) is 31.9 Å². The molecule has 0 radical (unpaired) electrons. The minimum Gasteiger partial charge on any atom is -0.325 e. The number of rotatable bonds is 4. The molecule has 0 saturated carbocycles. The van der Waals surface area contributed by atoms with Gasteiger partial charge in [0, 0.05) is 17.9 Å². The number of hydrogen-bond acceptors (Lipinski definition) is 4. The lowest BCUT2D eigenvalue weighted by molar-refractivity contribution is 0.732. The Morgan fingerprint density at radius 1 is 1.11 bits per heavy atom. The average molecular weight is 245 g/mol. The zero-order chi connectivity index (χ0) is 13.1. The molecule has 0 fully saturated rings. The van der Waals surface area contributed by atoms with E-state index in [1.807, 2.05) is 17.7 Å². The Morgan fingerprint density at radius 2 is 1.89 bits per heavy atom. The third kappa shape index (κ3) is 2.41. The second-order valence-corrected chi connectivity index (χ2v) is 4.25. The molecule has 0 unspecified atom stereocenters. The van der Waals surface area contributed by atoms with Crippen molar-refractivity contribution in [3.05, 3.63) is 34.9 Å². The van der Waals surface area contributed by atoms with E-state index < -0.39 is 0 Å². The first-order chi connectivity index (χ1) is 8.67. The molecule has 0 aliphatic carbocycles. The Morgan fingerprint density at radius 3 is 2.50 bits per heavy atom. The smallest absolute Gasteiger partial charge is 0.251 e. The van der Waals surface area contributed by atoms with Crippen LogP contribution in [0.1, 0.15) is 36.6 Å². The summed E-state index contributed by atoms with van der Waals surface area (Å²) in [4.78, 5) is 8.88. The molecule has 0 aliphatic heterocycles. The van der Waals surface area contributed by atoms with E-state index in [0.29, 0.717) is 12.5 Å².